The Kier molecular flexibility index (Phi) is 4.98. The molecule has 0 radical (unpaired) electrons. The number of likely N-dealkylation sites (N-methyl/N-ethyl adjacent to an activating group) is 2. The lowest BCUT2D eigenvalue weighted by molar-refractivity contribution is -0.138. The lowest BCUT2D eigenvalue weighted by Crippen LogP contribution is -2.44. The van der Waals surface area contributed by atoms with Crippen molar-refractivity contribution in [1.29, 1.82) is 0 Å². The molecule has 110 valence electrons. The third-order valence-electron chi connectivity index (χ3n) is 3.66. The first-order chi connectivity index (χ1) is 9.54. The first-order valence-corrected chi connectivity index (χ1v) is 6.97. The molecule has 0 saturated carbocycles. The number of nitrogens with zero attached hydrogens (tertiary/aromatic N) is 3. The molecule has 2 rings (SSSR count). The number of carboxylic acids is 1. The predicted octanol–water partition coefficient (Wildman–Crippen LogP) is 0.955. The van der Waals surface area contributed by atoms with Gasteiger partial charge in [0.2, 0.25) is 0 Å². The Morgan fingerprint density at radius 2 is 1.80 bits per heavy atom. The van der Waals surface area contributed by atoms with Crippen LogP contribution in [0.2, 0.25) is 0 Å². The molecular weight excluding hydrogens is 254 g/mol. The van der Waals surface area contributed by atoms with Gasteiger partial charge in [0.25, 0.3) is 0 Å². The average Bonchev–Trinajstić information content (AvgIpc) is 2.39. The number of benzene rings is 1. The zero-order valence-corrected chi connectivity index (χ0v) is 12.2. The summed E-state index contributed by atoms with van der Waals surface area (Å²) < 4.78 is 0. The average molecular weight is 277 g/mol. The normalized spacial score (nSPS) is 16.6. The largest absolute Gasteiger partial charge is 0.480 e. The van der Waals surface area contributed by atoms with Gasteiger partial charge in [0.05, 0.1) is 6.54 Å². The van der Waals surface area contributed by atoms with Crippen LogP contribution in [0.15, 0.2) is 24.3 Å². The molecule has 1 aromatic carbocycles. The van der Waals surface area contributed by atoms with E-state index < -0.39 is 5.97 Å². The number of anilines is 1. The molecule has 0 atom stereocenters. The standard InChI is InChI=1S/C15H23N3O2/c1-16-7-9-18(10-8-16)14-5-3-13(4-6-14)11-17(2)12-15(19)20/h3-6H,7-12H2,1-2H3,(H,19,20). The number of hydrogen-bond donors (Lipinski definition) is 1. The lowest BCUT2D eigenvalue weighted by atomic mass is 10.1. The van der Waals surface area contributed by atoms with Crippen LogP contribution in [-0.4, -0.2) is 67.7 Å². The van der Waals surface area contributed by atoms with Gasteiger partial charge in [0.15, 0.2) is 0 Å². The van der Waals surface area contributed by atoms with E-state index in [1.54, 1.807) is 4.90 Å². The van der Waals surface area contributed by atoms with E-state index in [0.717, 1.165) is 31.7 Å². The quantitative estimate of drug-likeness (QED) is 0.868. The van der Waals surface area contributed by atoms with Gasteiger partial charge in [-0.05, 0) is 31.8 Å². The molecule has 5 heteroatoms. The van der Waals surface area contributed by atoms with Crippen LogP contribution >= 0.6 is 0 Å². The summed E-state index contributed by atoms with van der Waals surface area (Å²) in [6.45, 7) is 5.06. The van der Waals surface area contributed by atoms with Crippen molar-refractivity contribution in [3.63, 3.8) is 0 Å². The summed E-state index contributed by atoms with van der Waals surface area (Å²) in [6, 6.07) is 8.45. The number of aliphatic carboxylic acids is 1. The summed E-state index contributed by atoms with van der Waals surface area (Å²) in [5, 5.41) is 8.75. The molecule has 0 aliphatic carbocycles. The maximum atomic E-state index is 10.6. The molecule has 1 aliphatic rings. The Bertz CT molecular complexity index is 439. The molecule has 1 fully saturated rings. The minimum Gasteiger partial charge on any atom is -0.480 e. The summed E-state index contributed by atoms with van der Waals surface area (Å²) in [4.78, 5) is 17.2. The van der Waals surface area contributed by atoms with Crippen LogP contribution < -0.4 is 4.90 Å². The van der Waals surface area contributed by atoms with Crippen LogP contribution in [0.1, 0.15) is 5.56 Å². The highest BCUT2D eigenvalue weighted by atomic mass is 16.4. The van der Waals surface area contributed by atoms with Crippen molar-refractivity contribution >= 4 is 11.7 Å². The Morgan fingerprint density at radius 3 is 2.35 bits per heavy atom. The van der Waals surface area contributed by atoms with Crippen LogP contribution in [0, 0.1) is 0 Å². The summed E-state index contributed by atoms with van der Waals surface area (Å²) in [6.07, 6.45) is 0. The van der Waals surface area contributed by atoms with E-state index in [-0.39, 0.29) is 6.54 Å². The van der Waals surface area contributed by atoms with Gasteiger partial charge < -0.3 is 14.9 Å². The number of carboxylic acid groups (broad SMARTS) is 1. The lowest BCUT2D eigenvalue weighted by Gasteiger charge is -2.34. The molecule has 1 saturated heterocycles. The molecule has 0 unspecified atom stereocenters. The fraction of sp³-hybridized carbons (Fsp3) is 0.533. The first-order valence-electron chi connectivity index (χ1n) is 6.97. The van der Waals surface area contributed by atoms with Crippen LogP contribution in [0.4, 0.5) is 5.69 Å². The van der Waals surface area contributed by atoms with Crippen molar-refractivity contribution in [3.05, 3.63) is 29.8 Å². The zero-order valence-electron chi connectivity index (χ0n) is 12.2. The van der Waals surface area contributed by atoms with Crippen LogP contribution in [0.3, 0.4) is 0 Å². The fourth-order valence-electron chi connectivity index (χ4n) is 2.48. The van der Waals surface area contributed by atoms with E-state index in [2.05, 4.69) is 41.1 Å². The van der Waals surface area contributed by atoms with E-state index in [0.29, 0.717) is 6.54 Å². The highest BCUT2D eigenvalue weighted by Crippen LogP contribution is 2.17. The van der Waals surface area contributed by atoms with E-state index in [4.69, 9.17) is 5.11 Å². The second-order valence-electron chi connectivity index (χ2n) is 5.52. The van der Waals surface area contributed by atoms with Crippen LogP contribution in [0.5, 0.6) is 0 Å². The zero-order chi connectivity index (χ0) is 14.5. The second-order valence-corrected chi connectivity index (χ2v) is 5.52. The van der Waals surface area contributed by atoms with Crippen molar-refractivity contribution in [1.82, 2.24) is 9.80 Å². The molecule has 5 nitrogen and oxygen atoms in total. The van der Waals surface area contributed by atoms with E-state index in [9.17, 15) is 4.79 Å². The third kappa shape index (κ3) is 4.21. The molecule has 1 aromatic rings. The summed E-state index contributed by atoms with van der Waals surface area (Å²) in [7, 11) is 3.97. The predicted molar refractivity (Wildman–Crippen MR) is 80.1 cm³/mol. The van der Waals surface area contributed by atoms with Gasteiger partial charge in [0.1, 0.15) is 0 Å². The molecule has 1 heterocycles. The summed E-state index contributed by atoms with van der Waals surface area (Å²) in [5.74, 6) is -0.790. The fourth-order valence-corrected chi connectivity index (χ4v) is 2.48. The Labute approximate surface area is 120 Å². The van der Waals surface area contributed by atoms with E-state index in [1.807, 2.05) is 7.05 Å². The maximum Gasteiger partial charge on any atom is 0.317 e. The highest BCUT2D eigenvalue weighted by molar-refractivity contribution is 5.69. The molecule has 1 aliphatic heterocycles. The third-order valence-corrected chi connectivity index (χ3v) is 3.66. The van der Waals surface area contributed by atoms with Crippen molar-refractivity contribution < 1.29 is 9.90 Å². The van der Waals surface area contributed by atoms with Gasteiger partial charge in [0, 0.05) is 38.4 Å². The van der Waals surface area contributed by atoms with Crippen molar-refractivity contribution in [3.8, 4) is 0 Å². The van der Waals surface area contributed by atoms with E-state index in [1.165, 1.54) is 5.69 Å². The molecule has 0 aromatic heterocycles. The van der Waals surface area contributed by atoms with Gasteiger partial charge in [-0.2, -0.15) is 0 Å². The van der Waals surface area contributed by atoms with Gasteiger partial charge in [-0.15, -0.1) is 0 Å². The van der Waals surface area contributed by atoms with Crippen LogP contribution in [-0.2, 0) is 11.3 Å². The topological polar surface area (TPSA) is 47.0 Å². The SMILES string of the molecule is CN1CCN(c2ccc(CN(C)CC(=O)O)cc2)CC1. The monoisotopic (exact) mass is 277 g/mol. The van der Waals surface area contributed by atoms with Crippen molar-refractivity contribution in [2.24, 2.45) is 0 Å². The second kappa shape index (κ2) is 6.72. The number of piperazine rings is 1. The molecule has 0 bridgehead atoms. The minimum absolute atomic E-state index is 0.0697. The Hall–Kier alpha value is -1.59. The van der Waals surface area contributed by atoms with Crippen LogP contribution in [0.25, 0.3) is 0 Å². The van der Waals surface area contributed by atoms with Gasteiger partial charge in [-0.1, -0.05) is 12.1 Å². The van der Waals surface area contributed by atoms with Gasteiger partial charge in [-0.3, -0.25) is 9.69 Å². The van der Waals surface area contributed by atoms with E-state index >= 15 is 0 Å². The highest BCUT2D eigenvalue weighted by Gasteiger charge is 2.14. The van der Waals surface area contributed by atoms with Crippen molar-refractivity contribution in [2.45, 2.75) is 6.54 Å². The molecule has 0 spiro atoms. The summed E-state index contributed by atoms with van der Waals surface area (Å²) >= 11 is 0. The molecule has 20 heavy (non-hydrogen) atoms. The molecular formula is C15H23N3O2. The smallest absolute Gasteiger partial charge is 0.317 e. The minimum atomic E-state index is -0.790. The summed E-state index contributed by atoms with van der Waals surface area (Å²) in [5.41, 5.74) is 2.40. The number of hydrogen-bond acceptors (Lipinski definition) is 4. The van der Waals surface area contributed by atoms with Crippen molar-refractivity contribution in [2.75, 3.05) is 51.7 Å². The first kappa shape index (κ1) is 14.8. The molecule has 1 N–H and O–H groups in total. The number of carbonyl (C=O) groups is 1. The van der Waals surface area contributed by atoms with Gasteiger partial charge >= 0.3 is 5.97 Å². The number of rotatable bonds is 5. The molecule has 0 amide bonds. The Morgan fingerprint density at radius 1 is 1.20 bits per heavy atom. The van der Waals surface area contributed by atoms with Gasteiger partial charge in [-0.25, -0.2) is 0 Å². The Balaban J connectivity index is 1.91. The maximum absolute atomic E-state index is 10.6.